The van der Waals surface area contributed by atoms with E-state index in [4.69, 9.17) is 9.15 Å². The van der Waals surface area contributed by atoms with Crippen molar-refractivity contribution in [3.8, 4) is 0 Å². The number of rotatable bonds is 11. The molecule has 0 amide bonds. The van der Waals surface area contributed by atoms with Crippen LogP contribution >= 0.6 is 0 Å². The summed E-state index contributed by atoms with van der Waals surface area (Å²) >= 11 is 0. The first kappa shape index (κ1) is 18.2. The van der Waals surface area contributed by atoms with Gasteiger partial charge in [-0.05, 0) is 18.6 Å². The molecular formula is C14H26N2O4S. The van der Waals surface area contributed by atoms with E-state index in [0.717, 1.165) is 12.8 Å². The number of sulfonamides is 1. The van der Waals surface area contributed by atoms with Crippen molar-refractivity contribution in [3.63, 3.8) is 0 Å². The molecule has 0 radical (unpaired) electrons. The van der Waals surface area contributed by atoms with Gasteiger partial charge in [0.05, 0.1) is 13.2 Å². The number of furan rings is 1. The van der Waals surface area contributed by atoms with Crippen LogP contribution in [-0.2, 0) is 21.3 Å². The summed E-state index contributed by atoms with van der Waals surface area (Å²) in [5.74, 6) is 0.608. The lowest BCUT2D eigenvalue weighted by molar-refractivity contribution is 0.198. The van der Waals surface area contributed by atoms with Crippen LogP contribution in [0.15, 0.2) is 21.6 Å². The third kappa shape index (κ3) is 5.43. The molecule has 0 atom stereocenters. The van der Waals surface area contributed by atoms with Crippen LogP contribution in [0.1, 0.15) is 32.4 Å². The van der Waals surface area contributed by atoms with E-state index in [9.17, 15) is 8.42 Å². The Bertz CT molecular complexity index is 499. The highest BCUT2D eigenvalue weighted by Crippen LogP contribution is 2.19. The van der Waals surface area contributed by atoms with Crippen molar-refractivity contribution in [2.45, 2.75) is 38.3 Å². The van der Waals surface area contributed by atoms with Gasteiger partial charge in [-0.1, -0.05) is 20.3 Å². The predicted molar refractivity (Wildman–Crippen MR) is 81.6 cm³/mol. The van der Waals surface area contributed by atoms with E-state index >= 15 is 0 Å². The highest BCUT2D eigenvalue weighted by atomic mass is 32.2. The minimum absolute atomic E-state index is 0.0176. The molecule has 7 heteroatoms. The van der Waals surface area contributed by atoms with Crippen LogP contribution in [0.5, 0.6) is 0 Å². The van der Waals surface area contributed by atoms with Crippen LogP contribution in [0, 0.1) is 0 Å². The Hall–Kier alpha value is -0.890. The van der Waals surface area contributed by atoms with Crippen LogP contribution in [0.3, 0.4) is 0 Å². The molecule has 0 bridgehead atoms. The second-order valence-electron chi connectivity index (χ2n) is 4.74. The number of methoxy groups -OCH3 is 1. The van der Waals surface area contributed by atoms with Gasteiger partial charge in [0.15, 0.2) is 0 Å². The van der Waals surface area contributed by atoms with E-state index < -0.39 is 10.0 Å². The minimum atomic E-state index is -3.52. The second kappa shape index (κ2) is 9.19. The SMILES string of the molecule is CCCCN(CC)S(=O)(=O)c1ccc(CNCCOC)o1. The fourth-order valence-electron chi connectivity index (χ4n) is 1.89. The molecule has 0 unspecified atom stereocenters. The standard InChI is InChI=1S/C14H26N2O4S/c1-4-6-10-16(5-2)21(17,18)14-8-7-13(20-14)12-15-9-11-19-3/h7-8,15H,4-6,9-12H2,1-3H3. The zero-order valence-corrected chi connectivity index (χ0v) is 13.9. The first-order chi connectivity index (χ1) is 10.1. The van der Waals surface area contributed by atoms with Gasteiger partial charge in [-0.3, -0.25) is 0 Å². The Morgan fingerprint density at radius 1 is 1.33 bits per heavy atom. The largest absolute Gasteiger partial charge is 0.447 e. The first-order valence-corrected chi connectivity index (χ1v) is 8.78. The van der Waals surface area contributed by atoms with Crippen molar-refractivity contribution in [3.05, 3.63) is 17.9 Å². The van der Waals surface area contributed by atoms with Crippen molar-refractivity contribution in [2.75, 3.05) is 33.4 Å². The van der Waals surface area contributed by atoms with Gasteiger partial charge in [-0.15, -0.1) is 0 Å². The molecule has 6 nitrogen and oxygen atoms in total. The Kier molecular flexibility index (Phi) is 7.95. The summed E-state index contributed by atoms with van der Waals surface area (Å²) in [6.07, 6.45) is 1.80. The average Bonchev–Trinajstić information content (AvgIpc) is 2.94. The lowest BCUT2D eigenvalue weighted by Crippen LogP contribution is -2.31. The molecule has 21 heavy (non-hydrogen) atoms. The van der Waals surface area contributed by atoms with E-state index in [-0.39, 0.29) is 5.09 Å². The Balaban J connectivity index is 2.68. The highest BCUT2D eigenvalue weighted by molar-refractivity contribution is 7.89. The summed E-state index contributed by atoms with van der Waals surface area (Å²) in [7, 11) is -1.89. The zero-order chi connectivity index (χ0) is 15.7. The van der Waals surface area contributed by atoms with Crippen LogP contribution in [0.4, 0.5) is 0 Å². The van der Waals surface area contributed by atoms with Crippen molar-refractivity contribution in [2.24, 2.45) is 0 Å². The average molecular weight is 318 g/mol. The van der Waals surface area contributed by atoms with E-state index in [1.807, 2.05) is 13.8 Å². The van der Waals surface area contributed by atoms with Gasteiger partial charge in [-0.25, -0.2) is 8.42 Å². The quantitative estimate of drug-likeness (QED) is 0.630. The smallest absolute Gasteiger partial charge is 0.276 e. The van der Waals surface area contributed by atoms with Crippen molar-refractivity contribution < 1.29 is 17.6 Å². The predicted octanol–water partition coefficient (Wildman–Crippen LogP) is 1.83. The molecule has 1 aromatic rings. The van der Waals surface area contributed by atoms with Crippen LogP contribution in [0.2, 0.25) is 0 Å². The molecular weight excluding hydrogens is 292 g/mol. The summed E-state index contributed by atoms with van der Waals surface area (Å²) in [5, 5.41) is 3.14. The lowest BCUT2D eigenvalue weighted by Gasteiger charge is -2.18. The molecule has 0 aliphatic rings. The number of unbranched alkanes of at least 4 members (excludes halogenated alkanes) is 1. The normalized spacial score (nSPS) is 12.2. The molecule has 0 spiro atoms. The maximum absolute atomic E-state index is 12.5. The third-order valence-electron chi connectivity index (χ3n) is 3.13. The number of nitrogens with zero attached hydrogens (tertiary/aromatic N) is 1. The van der Waals surface area contributed by atoms with Crippen molar-refractivity contribution in [1.29, 1.82) is 0 Å². The molecule has 0 fully saturated rings. The molecule has 0 saturated carbocycles. The van der Waals surface area contributed by atoms with Crippen molar-refractivity contribution in [1.82, 2.24) is 9.62 Å². The van der Waals surface area contributed by atoms with Gasteiger partial charge < -0.3 is 14.5 Å². The second-order valence-corrected chi connectivity index (χ2v) is 6.61. The van der Waals surface area contributed by atoms with E-state index in [2.05, 4.69) is 5.32 Å². The molecule has 122 valence electrons. The van der Waals surface area contributed by atoms with Gasteiger partial charge in [0, 0.05) is 26.7 Å². The Morgan fingerprint density at radius 2 is 2.10 bits per heavy atom. The lowest BCUT2D eigenvalue weighted by atomic mass is 10.3. The maximum Gasteiger partial charge on any atom is 0.276 e. The summed E-state index contributed by atoms with van der Waals surface area (Å²) in [4.78, 5) is 0. The number of nitrogens with one attached hydrogen (secondary N) is 1. The molecule has 0 saturated heterocycles. The Labute approximate surface area is 127 Å². The summed E-state index contributed by atoms with van der Waals surface area (Å²) in [6, 6.07) is 3.22. The first-order valence-electron chi connectivity index (χ1n) is 7.34. The van der Waals surface area contributed by atoms with Crippen LogP contribution in [-0.4, -0.2) is 46.1 Å². The fraction of sp³-hybridized carbons (Fsp3) is 0.714. The minimum Gasteiger partial charge on any atom is -0.447 e. The van der Waals surface area contributed by atoms with Crippen LogP contribution in [0.25, 0.3) is 0 Å². The van der Waals surface area contributed by atoms with E-state index in [0.29, 0.717) is 38.5 Å². The molecule has 1 rings (SSSR count). The van der Waals surface area contributed by atoms with E-state index in [1.165, 1.54) is 10.4 Å². The monoisotopic (exact) mass is 318 g/mol. The number of hydrogen-bond donors (Lipinski definition) is 1. The van der Waals surface area contributed by atoms with Gasteiger partial charge in [0.2, 0.25) is 5.09 Å². The topological polar surface area (TPSA) is 71.8 Å². The van der Waals surface area contributed by atoms with Gasteiger partial charge in [0.25, 0.3) is 10.0 Å². The summed E-state index contributed by atoms with van der Waals surface area (Å²) in [5.41, 5.74) is 0. The molecule has 1 heterocycles. The van der Waals surface area contributed by atoms with Gasteiger partial charge in [-0.2, -0.15) is 4.31 Å². The van der Waals surface area contributed by atoms with Crippen molar-refractivity contribution >= 4 is 10.0 Å². The Morgan fingerprint density at radius 3 is 2.71 bits per heavy atom. The number of hydrogen-bond acceptors (Lipinski definition) is 5. The zero-order valence-electron chi connectivity index (χ0n) is 13.1. The summed E-state index contributed by atoms with van der Waals surface area (Å²) < 4.78 is 36.7. The maximum atomic E-state index is 12.5. The number of ether oxygens (including phenoxy) is 1. The fourth-order valence-corrected chi connectivity index (χ4v) is 3.30. The molecule has 0 aliphatic carbocycles. The van der Waals surface area contributed by atoms with Gasteiger partial charge >= 0.3 is 0 Å². The molecule has 1 N–H and O–H groups in total. The highest BCUT2D eigenvalue weighted by Gasteiger charge is 2.25. The van der Waals surface area contributed by atoms with E-state index in [1.54, 1.807) is 13.2 Å². The van der Waals surface area contributed by atoms with Crippen LogP contribution < -0.4 is 5.32 Å². The van der Waals surface area contributed by atoms with Gasteiger partial charge in [0.1, 0.15) is 5.76 Å². The summed E-state index contributed by atoms with van der Waals surface area (Å²) in [6.45, 7) is 6.63. The molecule has 0 aromatic carbocycles. The third-order valence-corrected chi connectivity index (χ3v) is 4.98. The molecule has 1 aromatic heterocycles. The molecule has 0 aliphatic heterocycles.